The summed E-state index contributed by atoms with van der Waals surface area (Å²) in [5.74, 6) is -0.309. The predicted octanol–water partition coefficient (Wildman–Crippen LogP) is 7.12. The summed E-state index contributed by atoms with van der Waals surface area (Å²) in [6.45, 7) is 6.75. The summed E-state index contributed by atoms with van der Waals surface area (Å²) in [5.41, 5.74) is -0.282. The number of carbonyl (C=O) groups excluding carboxylic acids is 2. The maximum atomic E-state index is 14.8. The van der Waals surface area contributed by atoms with Crippen LogP contribution in [0.1, 0.15) is 89.2 Å². The van der Waals surface area contributed by atoms with E-state index < -0.39 is 24.0 Å². The maximum Gasteiger partial charge on any atom is 0.510 e. The maximum absolute atomic E-state index is 14.8. The molecule has 6 rings (SSSR count). The Hall–Kier alpha value is -2.90. The van der Waals surface area contributed by atoms with Gasteiger partial charge >= 0.3 is 12.1 Å². The topological polar surface area (TPSA) is 71.1 Å². The smallest absolute Gasteiger partial charge is 0.459 e. The standard InChI is InChI=1S/C36H48NO6/c1-26(2)25-40-35(39)42-33(27-13-9-10-14-27)43-36(28-15-5-3-6-16-28,29-17-7-4-8-18-29)34(38)41-32-23-30-19-20-31(24-32)37(30)21-11-12-22-37/h3-8,15-18,26-27,30-33H,9-14,19-25H2,1-2H3/q+1. The van der Waals surface area contributed by atoms with Gasteiger partial charge in [0.05, 0.1) is 31.8 Å². The molecule has 3 saturated heterocycles. The summed E-state index contributed by atoms with van der Waals surface area (Å²) in [7, 11) is 0. The third-order valence-corrected chi connectivity index (χ3v) is 10.5. The Kier molecular flexibility index (Phi) is 9.11. The number of hydrogen-bond donors (Lipinski definition) is 0. The van der Waals surface area contributed by atoms with Crippen molar-refractivity contribution in [2.24, 2.45) is 11.8 Å². The second-order valence-corrected chi connectivity index (χ2v) is 13.7. The molecule has 3 unspecified atom stereocenters. The number of rotatable bonds is 10. The molecule has 3 atom stereocenters. The largest absolute Gasteiger partial charge is 0.510 e. The van der Waals surface area contributed by atoms with E-state index in [1.54, 1.807) is 0 Å². The zero-order valence-electron chi connectivity index (χ0n) is 25.8. The van der Waals surface area contributed by atoms with Crippen molar-refractivity contribution >= 4 is 12.1 Å². The molecule has 0 N–H and O–H groups in total. The molecule has 2 aromatic rings. The highest BCUT2D eigenvalue weighted by Gasteiger charge is 2.57. The molecular weight excluding hydrogens is 542 g/mol. The van der Waals surface area contributed by atoms with Crippen molar-refractivity contribution in [3.05, 3.63) is 71.8 Å². The van der Waals surface area contributed by atoms with Crippen molar-refractivity contribution in [1.82, 2.24) is 0 Å². The van der Waals surface area contributed by atoms with Gasteiger partial charge in [-0.1, -0.05) is 87.4 Å². The van der Waals surface area contributed by atoms with Crippen LogP contribution in [0.15, 0.2) is 60.7 Å². The Bertz CT molecular complexity index is 1170. The first kappa shape index (κ1) is 30.1. The van der Waals surface area contributed by atoms with Crippen LogP contribution < -0.4 is 0 Å². The van der Waals surface area contributed by atoms with E-state index in [1.165, 1.54) is 43.3 Å². The fraction of sp³-hybridized carbons (Fsp3) is 0.611. The van der Waals surface area contributed by atoms with E-state index in [2.05, 4.69) is 0 Å². The van der Waals surface area contributed by atoms with E-state index in [1.807, 2.05) is 74.5 Å². The lowest BCUT2D eigenvalue weighted by Crippen LogP contribution is -2.60. The summed E-state index contributed by atoms with van der Waals surface area (Å²) in [6.07, 6.45) is 8.68. The second kappa shape index (κ2) is 13.0. The molecule has 3 aliphatic heterocycles. The van der Waals surface area contributed by atoms with Crippen LogP contribution in [-0.2, 0) is 29.3 Å². The van der Waals surface area contributed by atoms with Gasteiger partial charge in [0.25, 0.3) is 0 Å². The van der Waals surface area contributed by atoms with E-state index in [-0.39, 0.29) is 24.5 Å². The predicted molar refractivity (Wildman–Crippen MR) is 163 cm³/mol. The molecule has 2 aromatic carbocycles. The molecule has 232 valence electrons. The molecule has 3 heterocycles. The molecule has 0 radical (unpaired) electrons. The van der Waals surface area contributed by atoms with Crippen molar-refractivity contribution in [2.45, 2.75) is 108 Å². The van der Waals surface area contributed by atoms with Crippen molar-refractivity contribution in [3.8, 4) is 0 Å². The average molecular weight is 591 g/mol. The quantitative estimate of drug-likeness (QED) is 0.167. The van der Waals surface area contributed by atoms with Crippen molar-refractivity contribution < 1.29 is 33.0 Å². The molecule has 1 aliphatic carbocycles. The van der Waals surface area contributed by atoms with Crippen LogP contribution in [0.5, 0.6) is 0 Å². The Morgan fingerprint density at radius 2 is 1.37 bits per heavy atom. The fourth-order valence-electron chi connectivity index (χ4n) is 8.46. The van der Waals surface area contributed by atoms with Crippen LogP contribution in [0.4, 0.5) is 4.79 Å². The highest BCUT2D eigenvalue weighted by atomic mass is 16.8. The third-order valence-electron chi connectivity index (χ3n) is 10.5. The van der Waals surface area contributed by atoms with E-state index in [4.69, 9.17) is 18.9 Å². The Morgan fingerprint density at radius 3 is 1.91 bits per heavy atom. The van der Waals surface area contributed by atoms with Gasteiger partial charge in [0, 0.05) is 44.4 Å². The van der Waals surface area contributed by atoms with Gasteiger partial charge in [0.2, 0.25) is 11.9 Å². The van der Waals surface area contributed by atoms with Crippen LogP contribution in [0.2, 0.25) is 0 Å². The lowest BCUT2D eigenvalue weighted by Gasteiger charge is -2.47. The summed E-state index contributed by atoms with van der Waals surface area (Å²) in [4.78, 5) is 27.7. The number of hydrogen-bond acceptors (Lipinski definition) is 6. The van der Waals surface area contributed by atoms with Gasteiger partial charge in [-0.3, -0.25) is 0 Å². The summed E-state index contributed by atoms with van der Waals surface area (Å²) in [5, 5.41) is 0. The normalized spacial score (nSPS) is 25.6. The number of quaternary nitrogens is 1. The first-order valence-corrected chi connectivity index (χ1v) is 16.6. The zero-order valence-corrected chi connectivity index (χ0v) is 25.8. The average Bonchev–Trinajstić information content (AvgIpc) is 3.77. The van der Waals surface area contributed by atoms with Crippen LogP contribution in [0.25, 0.3) is 0 Å². The number of benzene rings is 2. The molecule has 1 spiro atoms. The van der Waals surface area contributed by atoms with Gasteiger partial charge in [0.1, 0.15) is 6.10 Å². The molecule has 0 aromatic heterocycles. The van der Waals surface area contributed by atoms with Crippen molar-refractivity contribution in [2.75, 3.05) is 19.7 Å². The van der Waals surface area contributed by atoms with E-state index in [0.717, 1.165) is 38.5 Å². The minimum absolute atomic E-state index is 0.0451. The summed E-state index contributed by atoms with van der Waals surface area (Å²) >= 11 is 0. The first-order valence-electron chi connectivity index (χ1n) is 16.6. The van der Waals surface area contributed by atoms with Gasteiger partial charge in [-0.25, -0.2) is 9.59 Å². The molecule has 2 bridgehead atoms. The van der Waals surface area contributed by atoms with Gasteiger partial charge in [-0.15, -0.1) is 0 Å². The molecule has 1 saturated carbocycles. The minimum Gasteiger partial charge on any atom is -0.459 e. The Balaban J connectivity index is 1.34. The number of piperidine rings is 1. The molecule has 0 amide bonds. The molecule has 43 heavy (non-hydrogen) atoms. The second-order valence-electron chi connectivity index (χ2n) is 13.7. The lowest BCUT2D eigenvalue weighted by molar-refractivity contribution is -0.956. The van der Waals surface area contributed by atoms with Gasteiger partial charge < -0.3 is 23.4 Å². The number of ether oxygens (including phenoxy) is 4. The van der Waals surface area contributed by atoms with Crippen molar-refractivity contribution in [1.29, 1.82) is 0 Å². The van der Waals surface area contributed by atoms with Crippen molar-refractivity contribution in [3.63, 3.8) is 0 Å². The van der Waals surface area contributed by atoms with E-state index in [0.29, 0.717) is 23.2 Å². The zero-order chi connectivity index (χ0) is 29.9. The van der Waals surface area contributed by atoms with E-state index in [9.17, 15) is 9.59 Å². The van der Waals surface area contributed by atoms with Gasteiger partial charge in [-0.05, 0) is 29.9 Å². The summed E-state index contributed by atoms with van der Waals surface area (Å²) < 4.78 is 26.1. The number of esters is 1. The number of nitrogens with zero attached hydrogens (tertiary/aromatic N) is 1. The third kappa shape index (κ3) is 6.08. The molecule has 7 nitrogen and oxygen atoms in total. The Labute approximate surface area is 256 Å². The van der Waals surface area contributed by atoms with Crippen LogP contribution in [0, 0.1) is 11.8 Å². The fourth-order valence-corrected chi connectivity index (χ4v) is 8.46. The molecule has 4 aliphatic rings. The first-order chi connectivity index (χ1) is 20.9. The molecule has 7 heteroatoms. The highest BCUT2D eigenvalue weighted by Crippen LogP contribution is 2.47. The molecule has 4 fully saturated rings. The van der Waals surface area contributed by atoms with Crippen LogP contribution in [-0.4, -0.2) is 60.8 Å². The van der Waals surface area contributed by atoms with Gasteiger partial charge in [0.15, 0.2) is 0 Å². The Morgan fingerprint density at radius 1 is 0.814 bits per heavy atom. The minimum atomic E-state index is -1.61. The molecular formula is C36H48NO6+. The van der Waals surface area contributed by atoms with Crippen LogP contribution in [0.3, 0.4) is 0 Å². The van der Waals surface area contributed by atoms with E-state index >= 15 is 0 Å². The van der Waals surface area contributed by atoms with Gasteiger partial charge in [-0.2, -0.15) is 0 Å². The SMILES string of the molecule is CC(C)COC(=O)OC(OC(C(=O)OC1CC2CCC(C1)[N+]21CCCC1)(c1ccccc1)c1ccccc1)C1CCCC1. The highest BCUT2D eigenvalue weighted by molar-refractivity contribution is 5.86. The number of carbonyl (C=O) groups is 2. The van der Waals surface area contributed by atoms with Crippen LogP contribution >= 0.6 is 0 Å². The summed E-state index contributed by atoms with van der Waals surface area (Å²) in [6, 6.07) is 20.3. The lowest BCUT2D eigenvalue weighted by atomic mass is 9.85. The monoisotopic (exact) mass is 590 g/mol.